The number of rotatable bonds is 6. The Balaban J connectivity index is 1.94. The normalized spacial score (nSPS) is 10.5. The molecule has 102 valence electrons. The van der Waals surface area contributed by atoms with Crippen molar-refractivity contribution < 1.29 is 9.47 Å². The van der Waals surface area contributed by atoms with Crippen LogP contribution < -0.4 is 15.2 Å². The van der Waals surface area contributed by atoms with Crippen LogP contribution in [0.3, 0.4) is 0 Å². The Morgan fingerprint density at radius 2 is 2.00 bits per heavy atom. The van der Waals surface area contributed by atoms with Gasteiger partial charge in [0.25, 0.3) is 0 Å². The molecule has 5 nitrogen and oxygen atoms in total. The molecule has 0 saturated heterocycles. The van der Waals surface area contributed by atoms with E-state index in [2.05, 4.69) is 5.10 Å². The Morgan fingerprint density at radius 3 is 2.63 bits per heavy atom. The van der Waals surface area contributed by atoms with Crippen molar-refractivity contribution in [2.45, 2.75) is 20.0 Å². The van der Waals surface area contributed by atoms with Crippen LogP contribution in [0.4, 0.5) is 0 Å². The fraction of sp³-hybridized carbons (Fsp3) is 0.357. The van der Waals surface area contributed by atoms with Gasteiger partial charge in [0, 0.05) is 17.8 Å². The molecule has 1 heterocycles. The fourth-order valence-corrected chi connectivity index (χ4v) is 1.89. The van der Waals surface area contributed by atoms with Gasteiger partial charge in [-0.25, -0.2) is 0 Å². The summed E-state index contributed by atoms with van der Waals surface area (Å²) < 4.78 is 12.8. The molecule has 2 N–H and O–H groups in total. The molecule has 0 amide bonds. The van der Waals surface area contributed by atoms with Crippen LogP contribution in [0.25, 0.3) is 0 Å². The van der Waals surface area contributed by atoms with Gasteiger partial charge in [0.1, 0.15) is 6.61 Å². The summed E-state index contributed by atoms with van der Waals surface area (Å²) in [6.45, 7) is 3.74. The third-order valence-corrected chi connectivity index (χ3v) is 3.05. The second kappa shape index (κ2) is 6.24. The Hall–Kier alpha value is -2.01. The number of nitrogens with two attached hydrogens (primary N) is 1. The monoisotopic (exact) mass is 261 g/mol. The maximum absolute atomic E-state index is 5.71. The van der Waals surface area contributed by atoms with Gasteiger partial charge < -0.3 is 15.2 Å². The van der Waals surface area contributed by atoms with Gasteiger partial charge in [-0.1, -0.05) is 12.1 Å². The summed E-state index contributed by atoms with van der Waals surface area (Å²) in [5.41, 5.74) is 7.78. The van der Waals surface area contributed by atoms with Crippen LogP contribution in [0.1, 0.15) is 11.3 Å². The molecule has 1 aromatic carbocycles. The van der Waals surface area contributed by atoms with Crippen molar-refractivity contribution in [3.05, 3.63) is 41.7 Å². The van der Waals surface area contributed by atoms with E-state index in [4.69, 9.17) is 15.2 Å². The van der Waals surface area contributed by atoms with Gasteiger partial charge in [-0.3, -0.25) is 4.68 Å². The summed E-state index contributed by atoms with van der Waals surface area (Å²) in [4.78, 5) is 0. The topological polar surface area (TPSA) is 62.3 Å². The first-order chi connectivity index (χ1) is 9.26. The van der Waals surface area contributed by atoms with Gasteiger partial charge in [0.15, 0.2) is 11.5 Å². The van der Waals surface area contributed by atoms with Crippen LogP contribution in [-0.4, -0.2) is 23.5 Å². The van der Waals surface area contributed by atoms with E-state index < -0.39 is 0 Å². The Kier molecular flexibility index (Phi) is 4.41. The molecule has 0 spiro atoms. The highest BCUT2D eigenvalue weighted by Gasteiger charge is 2.06. The number of benzene rings is 1. The van der Waals surface area contributed by atoms with E-state index >= 15 is 0 Å². The summed E-state index contributed by atoms with van der Waals surface area (Å²) in [6.07, 6.45) is 1.80. The van der Waals surface area contributed by atoms with E-state index in [1.54, 1.807) is 13.3 Å². The maximum Gasteiger partial charge on any atom is 0.161 e. The SMILES string of the molecule is COc1ccccc1OCCn1ncc(CN)c1C. The number of hydrogen-bond acceptors (Lipinski definition) is 4. The van der Waals surface area contributed by atoms with E-state index in [1.807, 2.05) is 35.9 Å². The predicted molar refractivity (Wildman–Crippen MR) is 73.3 cm³/mol. The first-order valence-electron chi connectivity index (χ1n) is 6.23. The number of hydrogen-bond donors (Lipinski definition) is 1. The van der Waals surface area contributed by atoms with Gasteiger partial charge in [-0.05, 0) is 19.1 Å². The average molecular weight is 261 g/mol. The highest BCUT2D eigenvalue weighted by atomic mass is 16.5. The lowest BCUT2D eigenvalue weighted by atomic mass is 10.3. The average Bonchev–Trinajstić information content (AvgIpc) is 2.80. The molecule has 0 aliphatic rings. The molecule has 5 heteroatoms. The number of aromatic nitrogens is 2. The number of para-hydroxylation sites is 2. The molecule has 0 unspecified atom stereocenters. The number of methoxy groups -OCH3 is 1. The third-order valence-electron chi connectivity index (χ3n) is 3.05. The summed E-state index contributed by atoms with van der Waals surface area (Å²) in [6, 6.07) is 7.60. The van der Waals surface area contributed by atoms with Gasteiger partial charge >= 0.3 is 0 Å². The molecule has 0 aliphatic carbocycles. The summed E-state index contributed by atoms with van der Waals surface area (Å²) in [7, 11) is 1.63. The molecule has 2 aromatic rings. The minimum absolute atomic E-state index is 0.513. The Morgan fingerprint density at radius 1 is 1.26 bits per heavy atom. The zero-order valence-corrected chi connectivity index (χ0v) is 11.3. The third kappa shape index (κ3) is 3.06. The smallest absolute Gasteiger partial charge is 0.161 e. The first-order valence-corrected chi connectivity index (χ1v) is 6.23. The predicted octanol–water partition coefficient (Wildman–Crippen LogP) is 1.74. The van der Waals surface area contributed by atoms with E-state index in [0.29, 0.717) is 19.7 Å². The lowest BCUT2D eigenvalue weighted by molar-refractivity contribution is 0.273. The molecule has 0 bridgehead atoms. The van der Waals surface area contributed by atoms with Gasteiger partial charge in [0.05, 0.1) is 19.9 Å². The van der Waals surface area contributed by atoms with Crippen LogP contribution in [-0.2, 0) is 13.1 Å². The van der Waals surface area contributed by atoms with Crippen molar-refractivity contribution in [2.75, 3.05) is 13.7 Å². The highest BCUT2D eigenvalue weighted by molar-refractivity contribution is 5.39. The second-order valence-electron chi connectivity index (χ2n) is 4.18. The summed E-state index contributed by atoms with van der Waals surface area (Å²) in [5.74, 6) is 1.48. The highest BCUT2D eigenvalue weighted by Crippen LogP contribution is 2.25. The summed E-state index contributed by atoms with van der Waals surface area (Å²) >= 11 is 0. The molecular weight excluding hydrogens is 242 g/mol. The van der Waals surface area contributed by atoms with E-state index in [-0.39, 0.29) is 0 Å². The van der Waals surface area contributed by atoms with Gasteiger partial charge in [-0.15, -0.1) is 0 Å². The molecular formula is C14H19N3O2. The van der Waals surface area contributed by atoms with Crippen LogP contribution in [0, 0.1) is 6.92 Å². The molecule has 0 saturated carbocycles. The minimum atomic E-state index is 0.513. The second-order valence-corrected chi connectivity index (χ2v) is 4.18. The van der Waals surface area contributed by atoms with Crippen LogP contribution in [0.5, 0.6) is 11.5 Å². The lowest BCUT2D eigenvalue weighted by Crippen LogP contribution is -2.11. The standard InChI is InChI=1S/C14H19N3O2/c1-11-12(9-15)10-16-17(11)7-8-19-14-6-4-3-5-13(14)18-2/h3-6,10H,7-9,15H2,1-2H3. The minimum Gasteiger partial charge on any atom is -0.493 e. The zero-order valence-electron chi connectivity index (χ0n) is 11.3. The fourth-order valence-electron chi connectivity index (χ4n) is 1.89. The summed E-state index contributed by atoms with van der Waals surface area (Å²) in [5, 5.41) is 4.29. The van der Waals surface area contributed by atoms with Crippen molar-refractivity contribution in [2.24, 2.45) is 5.73 Å². The van der Waals surface area contributed by atoms with Gasteiger partial charge in [0.2, 0.25) is 0 Å². The molecule has 0 atom stereocenters. The quantitative estimate of drug-likeness (QED) is 0.860. The van der Waals surface area contributed by atoms with E-state index in [9.17, 15) is 0 Å². The van der Waals surface area contributed by atoms with E-state index in [1.165, 1.54) is 0 Å². The maximum atomic E-state index is 5.71. The van der Waals surface area contributed by atoms with Gasteiger partial charge in [-0.2, -0.15) is 5.10 Å². The Labute approximate surface area is 112 Å². The Bertz CT molecular complexity index is 537. The number of nitrogens with zero attached hydrogens (tertiary/aromatic N) is 2. The lowest BCUT2D eigenvalue weighted by Gasteiger charge is -2.11. The molecule has 1 aromatic heterocycles. The van der Waals surface area contributed by atoms with Crippen molar-refractivity contribution >= 4 is 0 Å². The molecule has 19 heavy (non-hydrogen) atoms. The van der Waals surface area contributed by atoms with Crippen molar-refractivity contribution in [1.29, 1.82) is 0 Å². The molecule has 0 radical (unpaired) electrons. The van der Waals surface area contributed by atoms with Crippen LogP contribution in [0.2, 0.25) is 0 Å². The van der Waals surface area contributed by atoms with E-state index in [0.717, 1.165) is 22.8 Å². The number of ether oxygens (including phenoxy) is 2. The van der Waals surface area contributed by atoms with Crippen LogP contribution >= 0.6 is 0 Å². The van der Waals surface area contributed by atoms with Crippen LogP contribution in [0.15, 0.2) is 30.5 Å². The van der Waals surface area contributed by atoms with Crippen molar-refractivity contribution in [3.8, 4) is 11.5 Å². The largest absolute Gasteiger partial charge is 0.493 e. The molecule has 0 aliphatic heterocycles. The van der Waals surface area contributed by atoms with Crippen molar-refractivity contribution in [3.63, 3.8) is 0 Å². The first kappa shape index (κ1) is 13.4. The molecule has 0 fully saturated rings. The zero-order chi connectivity index (χ0) is 13.7. The molecule has 2 rings (SSSR count). The van der Waals surface area contributed by atoms with Crippen molar-refractivity contribution in [1.82, 2.24) is 9.78 Å².